The Kier molecular flexibility index (Phi) is 7.20. The lowest BCUT2D eigenvalue weighted by atomic mass is 10.1. The van der Waals surface area contributed by atoms with Gasteiger partial charge in [-0.05, 0) is 49.2 Å². The van der Waals surface area contributed by atoms with Gasteiger partial charge in [-0.1, -0.05) is 48.3 Å². The molecular formula is C25H27ClN4O3S2. The number of hydrogen-bond acceptors (Lipinski definition) is 5. The zero-order valence-corrected chi connectivity index (χ0v) is 21.6. The van der Waals surface area contributed by atoms with Crippen LogP contribution in [-0.4, -0.2) is 47.0 Å². The second kappa shape index (κ2) is 10.3. The first kappa shape index (κ1) is 24.4. The quantitative estimate of drug-likeness (QED) is 0.494. The zero-order valence-electron chi connectivity index (χ0n) is 19.2. The van der Waals surface area contributed by atoms with E-state index < -0.39 is 10.0 Å². The van der Waals surface area contributed by atoms with Crippen LogP contribution in [0.4, 0.5) is 0 Å². The molecule has 0 atom stereocenters. The van der Waals surface area contributed by atoms with Crippen molar-refractivity contribution < 1.29 is 13.2 Å². The normalized spacial score (nSPS) is 16.6. The second-order valence-electron chi connectivity index (χ2n) is 8.72. The largest absolute Gasteiger partial charge is 0.346 e. The molecule has 2 aromatic carbocycles. The zero-order chi connectivity index (χ0) is 24.4. The van der Waals surface area contributed by atoms with E-state index in [1.54, 1.807) is 28.2 Å². The average Bonchev–Trinajstić information content (AvgIpc) is 3.33. The highest BCUT2D eigenvalue weighted by molar-refractivity contribution is 7.99. The number of thioether (sulfide) groups is 1. The van der Waals surface area contributed by atoms with Gasteiger partial charge in [0.2, 0.25) is 10.0 Å². The van der Waals surface area contributed by atoms with Gasteiger partial charge in [-0.3, -0.25) is 4.79 Å². The molecule has 1 amide bonds. The van der Waals surface area contributed by atoms with Gasteiger partial charge in [0.1, 0.15) is 0 Å². The Hall–Kier alpha value is -2.33. The number of rotatable bonds is 6. The molecule has 3 aromatic rings. The molecular weight excluding hydrogens is 504 g/mol. The van der Waals surface area contributed by atoms with Gasteiger partial charge in [-0.15, -0.1) is 0 Å². The van der Waals surface area contributed by atoms with Crippen molar-refractivity contribution in [3.8, 4) is 11.3 Å². The number of nitrogens with one attached hydrogen (secondary N) is 1. The molecule has 0 spiro atoms. The molecule has 1 N–H and O–H groups in total. The third-order valence-corrected chi connectivity index (χ3v) is 9.56. The van der Waals surface area contributed by atoms with Crippen LogP contribution in [0.1, 0.15) is 41.7 Å². The van der Waals surface area contributed by atoms with Gasteiger partial charge in [0.25, 0.3) is 5.91 Å². The Bertz CT molecular complexity index is 1310. The number of nitrogens with zero attached hydrogens (tertiary/aromatic N) is 3. The van der Waals surface area contributed by atoms with Gasteiger partial charge in [-0.25, -0.2) is 13.4 Å². The van der Waals surface area contributed by atoms with E-state index in [-0.39, 0.29) is 10.8 Å². The lowest BCUT2D eigenvalue weighted by Crippen LogP contribution is -2.32. The van der Waals surface area contributed by atoms with Crippen molar-refractivity contribution in [2.75, 3.05) is 18.8 Å². The molecule has 0 aliphatic carbocycles. The maximum atomic E-state index is 13.0. The monoisotopic (exact) mass is 530 g/mol. The van der Waals surface area contributed by atoms with E-state index >= 15 is 0 Å². The molecule has 10 heteroatoms. The molecule has 1 fully saturated rings. The van der Waals surface area contributed by atoms with Gasteiger partial charge >= 0.3 is 0 Å². The van der Waals surface area contributed by atoms with E-state index in [0.717, 1.165) is 60.1 Å². The molecule has 35 heavy (non-hydrogen) atoms. The molecule has 3 heterocycles. The number of sulfonamides is 1. The number of benzene rings is 2. The molecule has 0 radical (unpaired) electrons. The summed E-state index contributed by atoms with van der Waals surface area (Å²) in [5.41, 5.74) is 3.15. The lowest BCUT2D eigenvalue weighted by molar-refractivity contribution is 0.0950. The molecule has 1 aromatic heterocycles. The Morgan fingerprint density at radius 2 is 1.66 bits per heavy atom. The fourth-order valence-corrected chi connectivity index (χ4v) is 7.14. The van der Waals surface area contributed by atoms with E-state index in [1.165, 1.54) is 12.1 Å². The van der Waals surface area contributed by atoms with Crippen LogP contribution in [0.2, 0.25) is 5.02 Å². The highest BCUT2D eigenvalue weighted by Crippen LogP contribution is 2.33. The third-order valence-electron chi connectivity index (χ3n) is 6.44. The topological polar surface area (TPSA) is 84.3 Å². The summed E-state index contributed by atoms with van der Waals surface area (Å²) < 4.78 is 29.7. The van der Waals surface area contributed by atoms with Crippen molar-refractivity contribution in [3.63, 3.8) is 0 Å². The van der Waals surface area contributed by atoms with Crippen molar-refractivity contribution in [2.24, 2.45) is 0 Å². The van der Waals surface area contributed by atoms with Crippen molar-refractivity contribution >= 4 is 39.3 Å². The first-order chi connectivity index (χ1) is 16.9. The third kappa shape index (κ3) is 5.14. The van der Waals surface area contributed by atoms with E-state index in [4.69, 9.17) is 16.6 Å². The van der Waals surface area contributed by atoms with Crippen LogP contribution in [0, 0.1) is 0 Å². The minimum atomic E-state index is -3.54. The highest BCUT2D eigenvalue weighted by atomic mass is 35.5. The van der Waals surface area contributed by atoms with E-state index in [9.17, 15) is 13.2 Å². The second-order valence-corrected chi connectivity index (χ2v) is 12.2. The number of fused-ring (bicyclic) bond motifs is 1. The minimum absolute atomic E-state index is 0.228. The van der Waals surface area contributed by atoms with Crippen molar-refractivity contribution in [3.05, 3.63) is 64.8 Å². The number of amides is 1. The van der Waals surface area contributed by atoms with Gasteiger partial charge < -0.3 is 9.88 Å². The van der Waals surface area contributed by atoms with Crippen molar-refractivity contribution in [1.29, 1.82) is 0 Å². The standard InChI is InChI=1S/C25H27ClN4O3S2/c26-20-9-5-18(6-10-20)23-22(30-15-16-34-25(30)28-23)17-27-24(31)19-7-11-21(12-8-19)35(32,33)29-13-3-1-2-4-14-29/h5-12H,1-4,13-17H2,(H,27,31). The number of imidazole rings is 1. The van der Waals surface area contributed by atoms with Gasteiger partial charge in [0.15, 0.2) is 5.16 Å². The predicted octanol–water partition coefficient (Wildman–Crippen LogP) is 4.80. The van der Waals surface area contributed by atoms with Crippen molar-refractivity contribution in [1.82, 2.24) is 19.2 Å². The molecule has 2 aliphatic rings. The van der Waals surface area contributed by atoms with Crippen LogP contribution in [0.3, 0.4) is 0 Å². The summed E-state index contributed by atoms with van der Waals surface area (Å²) in [7, 11) is -3.54. The highest BCUT2D eigenvalue weighted by Gasteiger charge is 2.26. The van der Waals surface area contributed by atoms with Gasteiger partial charge in [0.05, 0.1) is 22.8 Å². The van der Waals surface area contributed by atoms with Crippen LogP contribution < -0.4 is 5.32 Å². The lowest BCUT2D eigenvalue weighted by Gasteiger charge is -2.20. The Morgan fingerprint density at radius 1 is 0.971 bits per heavy atom. The first-order valence-corrected chi connectivity index (χ1v) is 14.6. The van der Waals surface area contributed by atoms with E-state index in [1.807, 2.05) is 24.3 Å². The van der Waals surface area contributed by atoms with Crippen molar-refractivity contribution in [2.45, 2.75) is 48.8 Å². The summed E-state index contributed by atoms with van der Waals surface area (Å²) >= 11 is 7.75. The number of carbonyl (C=O) groups excluding carboxylic acids is 1. The number of aromatic nitrogens is 2. The van der Waals surface area contributed by atoms with Crippen LogP contribution in [0.25, 0.3) is 11.3 Å². The number of halogens is 1. The first-order valence-electron chi connectivity index (χ1n) is 11.8. The van der Waals surface area contributed by atoms with E-state index in [2.05, 4.69) is 9.88 Å². The summed E-state index contributed by atoms with van der Waals surface area (Å²) in [4.78, 5) is 17.9. The molecule has 1 saturated heterocycles. The molecule has 0 bridgehead atoms. The predicted molar refractivity (Wildman–Crippen MR) is 138 cm³/mol. The molecule has 0 saturated carbocycles. The summed E-state index contributed by atoms with van der Waals surface area (Å²) in [6.07, 6.45) is 3.89. The molecule has 0 unspecified atom stereocenters. The minimum Gasteiger partial charge on any atom is -0.346 e. The molecule has 5 rings (SSSR count). The van der Waals surface area contributed by atoms with Gasteiger partial charge in [0, 0.05) is 41.5 Å². The Balaban J connectivity index is 1.31. The fourth-order valence-electron chi connectivity index (χ4n) is 4.53. The van der Waals surface area contributed by atoms with Crippen LogP contribution in [0.5, 0.6) is 0 Å². The maximum Gasteiger partial charge on any atom is 0.251 e. The van der Waals surface area contributed by atoms with Crippen LogP contribution >= 0.6 is 23.4 Å². The van der Waals surface area contributed by atoms with Gasteiger partial charge in [-0.2, -0.15) is 4.31 Å². The summed E-state index contributed by atoms with van der Waals surface area (Å²) in [5, 5.41) is 4.59. The average molecular weight is 531 g/mol. The Morgan fingerprint density at radius 3 is 2.34 bits per heavy atom. The molecule has 7 nitrogen and oxygen atoms in total. The molecule has 184 valence electrons. The summed E-state index contributed by atoms with van der Waals surface area (Å²) in [6.45, 7) is 2.26. The van der Waals surface area contributed by atoms with Crippen LogP contribution in [0.15, 0.2) is 58.6 Å². The summed E-state index contributed by atoms with van der Waals surface area (Å²) in [5.74, 6) is 0.698. The fraction of sp³-hybridized carbons (Fsp3) is 0.360. The SMILES string of the molecule is O=C(NCc1c(-c2ccc(Cl)cc2)nc2n1CCS2)c1ccc(S(=O)(=O)N2CCCCCC2)cc1. The maximum absolute atomic E-state index is 13.0. The smallest absolute Gasteiger partial charge is 0.251 e. The summed E-state index contributed by atoms with van der Waals surface area (Å²) in [6, 6.07) is 13.7. The number of carbonyl (C=O) groups is 1. The van der Waals surface area contributed by atoms with E-state index in [0.29, 0.717) is 30.2 Å². The Labute approximate surface area is 214 Å². The molecule has 2 aliphatic heterocycles. The van der Waals surface area contributed by atoms with Crippen LogP contribution in [-0.2, 0) is 23.1 Å². The number of hydrogen-bond donors (Lipinski definition) is 1.